The molecule has 0 aromatic heterocycles. The third kappa shape index (κ3) is 1.67. The zero-order chi connectivity index (χ0) is 15.5. The standard InChI is InChI=1S/C17H17BrO4/c1-20-11-5-3-10(4-6-11)12-7-13-14(18)8-16(12,21-2)15(19)17(13)9-22-17/h3-6,8,12-13H,7,9H2,1-2H3/t12-,13+,16-,17+/m1/s1. The molecule has 4 nitrogen and oxygen atoms in total. The second-order valence-electron chi connectivity index (χ2n) is 6.15. The number of benzene rings is 1. The summed E-state index contributed by atoms with van der Waals surface area (Å²) in [4.78, 5) is 13.0. The second kappa shape index (κ2) is 4.66. The predicted octanol–water partition coefficient (Wildman–Crippen LogP) is 2.81. The molecule has 0 unspecified atom stereocenters. The number of rotatable bonds is 3. The first-order chi connectivity index (χ1) is 10.6. The van der Waals surface area contributed by atoms with Gasteiger partial charge < -0.3 is 14.2 Å². The van der Waals surface area contributed by atoms with Crippen molar-refractivity contribution in [1.29, 1.82) is 0 Å². The average Bonchev–Trinajstić information content (AvgIpc) is 3.33. The van der Waals surface area contributed by atoms with E-state index in [0.29, 0.717) is 6.61 Å². The molecule has 1 saturated heterocycles. The van der Waals surface area contributed by atoms with Crippen molar-refractivity contribution in [2.24, 2.45) is 5.92 Å². The van der Waals surface area contributed by atoms with Gasteiger partial charge >= 0.3 is 0 Å². The van der Waals surface area contributed by atoms with Gasteiger partial charge in [-0.25, -0.2) is 0 Å². The quantitative estimate of drug-likeness (QED) is 0.773. The number of hydrogen-bond acceptors (Lipinski definition) is 4. The van der Waals surface area contributed by atoms with Crippen molar-refractivity contribution in [3.63, 3.8) is 0 Å². The molecule has 1 spiro atoms. The Kier molecular flexibility index (Phi) is 3.06. The summed E-state index contributed by atoms with van der Waals surface area (Å²) < 4.78 is 17.6. The third-order valence-corrected chi connectivity index (χ3v) is 6.07. The predicted molar refractivity (Wildman–Crippen MR) is 84.3 cm³/mol. The van der Waals surface area contributed by atoms with E-state index in [1.165, 1.54) is 0 Å². The SMILES string of the molecule is COc1ccc([C@H]2C[C@H]3C(Br)=C[C@]2(OC)C(=O)[C@]32CO2)cc1. The highest BCUT2D eigenvalue weighted by atomic mass is 79.9. The Hall–Kier alpha value is -1.17. The van der Waals surface area contributed by atoms with Crippen LogP contribution in [-0.4, -0.2) is 37.8 Å². The molecule has 1 aromatic carbocycles. The van der Waals surface area contributed by atoms with E-state index in [0.717, 1.165) is 22.2 Å². The fraction of sp³-hybridized carbons (Fsp3) is 0.471. The zero-order valence-corrected chi connectivity index (χ0v) is 14.1. The van der Waals surface area contributed by atoms with Crippen molar-refractivity contribution in [2.45, 2.75) is 23.5 Å². The number of fused-ring (bicyclic) bond motifs is 1. The van der Waals surface area contributed by atoms with E-state index >= 15 is 0 Å². The molecule has 22 heavy (non-hydrogen) atoms. The first kappa shape index (κ1) is 14.4. The van der Waals surface area contributed by atoms with Crippen LogP contribution in [0.25, 0.3) is 0 Å². The number of hydrogen-bond donors (Lipinski definition) is 0. The molecule has 1 aliphatic heterocycles. The first-order valence-corrected chi connectivity index (χ1v) is 8.13. The molecule has 1 heterocycles. The van der Waals surface area contributed by atoms with Crippen LogP contribution >= 0.6 is 15.9 Å². The van der Waals surface area contributed by atoms with E-state index < -0.39 is 11.2 Å². The second-order valence-corrected chi connectivity index (χ2v) is 7.06. The molecule has 5 rings (SSSR count). The Balaban J connectivity index is 1.80. The minimum absolute atomic E-state index is 0.00275. The van der Waals surface area contributed by atoms with Gasteiger partial charge in [0.2, 0.25) is 5.78 Å². The van der Waals surface area contributed by atoms with E-state index in [9.17, 15) is 4.79 Å². The number of epoxide rings is 1. The van der Waals surface area contributed by atoms with Gasteiger partial charge in [0.25, 0.3) is 0 Å². The van der Waals surface area contributed by atoms with Crippen molar-refractivity contribution in [3.8, 4) is 5.75 Å². The summed E-state index contributed by atoms with van der Waals surface area (Å²) in [6, 6.07) is 7.88. The lowest BCUT2D eigenvalue weighted by Crippen LogP contribution is -2.61. The summed E-state index contributed by atoms with van der Waals surface area (Å²) in [5, 5.41) is 0. The Morgan fingerprint density at radius 2 is 1.91 bits per heavy atom. The maximum Gasteiger partial charge on any atom is 0.203 e. The highest BCUT2D eigenvalue weighted by Gasteiger charge is 2.72. The lowest BCUT2D eigenvalue weighted by Gasteiger charge is -2.50. The van der Waals surface area contributed by atoms with Crippen molar-refractivity contribution in [2.75, 3.05) is 20.8 Å². The smallest absolute Gasteiger partial charge is 0.203 e. The Morgan fingerprint density at radius 3 is 2.45 bits per heavy atom. The van der Waals surface area contributed by atoms with E-state index in [1.54, 1.807) is 14.2 Å². The zero-order valence-electron chi connectivity index (χ0n) is 12.5. The Labute approximate surface area is 137 Å². The van der Waals surface area contributed by atoms with E-state index in [-0.39, 0.29) is 17.6 Å². The summed E-state index contributed by atoms with van der Waals surface area (Å²) >= 11 is 3.62. The van der Waals surface area contributed by atoms with Crippen LogP contribution in [0.15, 0.2) is 34.8 Å². The van der Waals surface area contributed by atoms with Crippen LogP contribution in [0, 0.1) is 5.92 Å². The van der Waals surface area contributed by atoms with Crippen molar-refractivity contribution < 1.29 is 19.0 Å². The van der Waals surface area contributed by atoms with Crippen LogP contribution < -0.4 is 4.74 Å². The van der Waals surface area contributed by atoms with Crippen molar-refractivity contribution in [1.82, 2.24) is 0 Å². The molecule has 4 atom stereocenters. The summed E-state index contributed by atoms with van der Waals surface area (Å²) in [6.07, 6.45) is 2.77. The third-order valence-electron chi connectivity index (χ3n) is 5.29. The van der Waals surface area contributed by atoms with Gasteiger partial charge in [-0.15, -0.1) is 0 Å². The summed E-state index contributed by atoms with van der Waals surface area (Å²) in [7, 11) is 3.25. The average molecular weight is 365 g/mol. The minimum Gasteiger partial charge on any atom is -0.497 e. The molecule has 0 amide bonds. The molecule has 116 valence electrons. The number of ether oxygens (including phenoxy) is 3. The van der Waals surface area contributed by atoms with E-state index in [4.69, 9.17) is 14.2 Å². The lowest BCUT2D eigenvalue weighted by atomic mass is 9.58. The number of methoxy groups -OCH3 is 2. The molecule has 1 aromatic rings. The molecule has 5 heteroatoms. The number of carbonyl (C=O) groups excluding carboxylic acids is 1. The Bertz CT molecular complexity index is 662. The van der Waals surface area contributed by atoms with Crippen LogP contribution in [0.4, 0.5) is 0 Å². The van der Waals surface area contributed by atoms with Gasteiger partial charge in [0, 0.05) is 23.4 Å². The topological polar surface area (TPSA) is 48.1 Å². The normalized spacial score (nSPS) is 39.0. The molecule has 2 fully saturated rings. The molecule has 0 N–H and O–H groups in total. The molecule has 1 saturated carbocycles. The molecule has 3 aliphatic carbocycles. The summed E-state index contributed by atoms with van der Waals surface area (Å²) in [6.45, 7) is 0.500. The molecular formula is C17H17BrO4. The maximum absolute atomic E-state index is 13.0. The van der Waals surface area contributed by atoms with Crippen LogP contribution in [0.2, 0.25) is 0 Å². The van der Waals surface area contributed by atoms with Crippen LogP contribution in [0.5, 0.6) is 5.75 Å². The number of Topliss-reactive ketones (excluding diaryl/α,β-unsaturated/α-hetero) is 1. The monoisotopic (exact) mass is 364 g/mol. The van der Waals surface area contributed by atoms with Gasteiger partial charge in [0.05, 0.1) is 13.7 Å². The van der Waals surface area contributed by atoms with Crippen LogP contribution in [0.3, 0.4) is 0 Å². The van der Waals surface area contributed by atoms with Crippen LogP contribution in [0.1, 0.15) is 17.9 Å². The van der Waals surface area contributed by atoms with Gasteiger partial charge in [-0.2, -0.15) is 0 Å². The van der Waals surface area contributed by atoms with Gasteiger partial charge in [0.1, 0.15) is 5.75 Å². The van der Waals surface area contributed by atoms with Gasteiger partial charge in [-0.05, 0) is 30.2 Å². The maximum atomic E-state index is 13.0. The number of carbonyl (C=O) groups is 1. The van der Waals surface area contributed by atoms with Crippen LogP contribution in [-0.2, 0) is 14.3 Å². The van der Waals surface area contributed by atoms with Gasteiger partial charge in [0.15, 0.2) is 11.2 Å². The fourth-order valence-electron chi connectivity index (χ4n) is 3.98. The molecule has 0 radical (unpaired) electrons. The van der Waals surface area contributed by atoms with Crippen molar-refractivity contribution in [3.05, 3.63) is 40.4 Å². The Morgan fingerprint density at radius 1 is 1.23 bits per heavy atom. The van der Waals surface area contributed by atoms with E-state index in [1.807, 2.05) is 30.3 Å². The molecular weight excluding hydrogens is 348 g/mol. The molecule has 4 aliphatic rings. The largest absolute Gasteiger partial charge is 0.497 e. The highest BCUT2D eigenvalue weighted by molar-refractivity contribution is 9.11. The first-order valence-electron chi connectivity index (χ1n) is 7.33. The number of halogens is 1. The van der Waals surface area contributed by atoms with E-state index in [2.05, 4.69) is 15.9 Å². The number of ketones is 1. The summed E-state index contributed by atoms with van der Waals surface area (Å²) in [5.74, 6) is 0.949. The van der Waals surface area contributed by atoms with Gasteiger partial charge in [-0.1, -0.05) is 28.1 Å². The van der Waals surface area contributed by atoms with Crippen molar-refractivity contribution >= 4 is 21.7 Å². The van der Waals surface area contributed by atoms with Gasteiger partial charge in [-0.3, -0.25) is 4.79 Å². The minimum atomic E-state index is -0.946. The fourth-order valence-corrected chi connectivity index (χ4v) is 4.88. The lowest BCUT2D eigenvalue weighted by molar-refractivity contribution is -0.153. The summed E-state index contributed by atoms with van der Waals surface area (Å²) in [5.41, 5.74) is -0.515. The molecule has 2 bridgehead atoms. The highest BCUT2D eigenvalue weighted by Crippen LogP contribution is 2.61.